The molecule has 178 valence electrons. The van der Waals surface area contributed by atoms with Crippen molar-refractivity contribution in [3.8, 4) is 17.0 Å². The number of nitrogens with one attached hydrogen (secondary N) is 1. The standard InChI is InChI=1S/C23H23Cl2N5O4/c1-13-20(21(28-34-13)17-11-16(27-14(2)31)4-5-19(17)33-3)23(32)30-8-6-29(7-9-30)22-18(25)10-15(24)12-26-22/h4-5,10-12H,6-9H2,1-3H3,(H,27,31). The highest BCUT2D eigenvalue weighted by atomic mass is 35.5. The average molecular weight is 504 g/mol. The van der Waals surface area contributed by atoms with Crippen molar-refractivity contribution < 1.29 is 18.8 Å². The van der Waals surface area contributed by atoms with Crippen LogP contribution in [0.25, 0.3) is 11.3 Å². The normalized spacial score (nSPS) is 13.7. The molecular formula is C23H23Cl2N5O4. The number of nitrogens with zero attached hydrogens (tertiary/aromatic N) is 4. The molecule has 0 spiro atoms. The summed E-state index contributed by atoms with van der Waals surface area (Å²) in [7, 11) is 1.53. The first-order valence-electron chi connectivity index (χ1n) is 10.6. The second kappa shape index (κ2) is 9.90. The number of carbonyl (C=O) groups is 2. The molecule has 1 aliphatic heterocycles. The number of rotatable bonds is 5. The number of amides is 2. The lowest BCUT2D eigenvalue weighted by atomic mass is 10.0. The lowest BCUT2D eigenvalue weighted by Crippen LogP contribution is -2.49. The molecule has 0 aliphatic carbocycles. The molecule has 0 bridgehead atoms. The number of aromatic nitrogens is 2. The highest BCUT2D eigenvalue weighted by molar-refractivity contribution is 6.36. The van der Waals surface area contributed by atoms with E-state index in [1.165, 1.54) is 14.0 Å². The minimum Gasteiger partial charge on any atom is -0.496 e. The quantitative estimate of drug-likeness (QED) is 0.554. The van der Waals surface area contributed by atoms with Crippen molar-refractivity contribution in [3.63, 3.8) is 0 Å². The summed E-state index contributed by atoms with van der Waals surface area (Å²) in [6.07, 6.45) is 1.55. The van der Waals surface area contributed by atoms with Gasteiger partial charge in [0, 0.05) is 50.6 Å². The Morgan fingerprint density at radius 1 is 1.15 bits per heavy atom. The zero-order valence-corrected chi connectivity index (χ0v) is 20.4. The van der Waals surface area contributed by atoms with Crippen molar-refractivity contribution in [2.24, 2.45) is 0 Å². The number of ether oxygens (including phenoxy) is 1. The van der Waals surface area contributed by atoms with Crippen LogP contribution < -0.4 is 15.0 Å². The van der Waals surface area contributed by atoms with E-state index < -0.39 is 0 Å². The van der Waals surface area contributed by atoms with Gasteiger partial charge in [-0.25, -0.2) is 4.98 Å². The van der Waals surface area contributed by atoms with E-state index in [4.69, 9.17) is 32.5 Å². The van der Waals surface area contributed by atoms with Gasteiger partial charge >= 0.3 is 0 Å². The summed E-state index contributed by atoms with van der Waals surface area (Å²) in [5.41, 5.74) is 1.82. The van der Waals surface area contributed by atoms with Gasteiger partial charge in [0.2, 0.25) is 5.91 Å². The van der Waals surface area contributed by atoms with Crippen LogP contribution in [0.2, 0.25) is 10.0 Å². The molecule has 0 radical (unpaired) electrons. The van der Waals surface area contributed by atoms with Crippen molar-refractivity contribution in [1.29, 1.82) is 0 Å². The minimum atomic E-state index is -0.211. The summed E-state index contributed by atoms with van der Waals surface area (Å²) in [6.45, 7) is 5.16. The fourth-order valence-corrected chi connectivity index (χ4v) is 4.40. The summed E-state index contributed by atoms with van der Waals surface area (Å²) in [5.74, 6) is 1.13. The van der Waals surface area contributed by atoms with Crippen molar-refractivity contribution in [3.05, 3.63) is 51.8 Å². The Balaban J connectivity index is 1.58. The minimum absolute atomic E-state index is 0.199. The topological polar surface area (TPSA) is 101 Å². The highest BCUT2D eigenvalue weighted by Crippen LogP contribution is 2.36. The number of halogens is 2. The molecule has 4 rings (SSSR count). The molecule has 0 atom stereocenters. The van der Waals surface area contributed by atoms with Gasteiger partial charge in [0.05, 0.1) is 17.2 Å². The van der Waals surface area contributed by atoms with Gasteiger partial charge in [-0.1, -0.05) is 28.4 Å². The molecule has 1 aromatic carbocycles. The average Bonchev–Trinajstić information content (AvgIpc) is 3.19. The second-order valence-electron chi connectivity index (χ2n) is 7.80. The Morgan fingerprint density at radius 2 is 1.88 bits per heavy atom. The molecule has 3 heterocycles. The molecule has 1 fully saturated rings. The number of aryl methyl sites for hydroxylation is 1. The molecule has 1 N–H and O–H groups in total. The Kier molecular flexibility index (Phi) is 6.95. The summed E-state index contributed by atoms with van der Waals surface area (Å²) >= 11 is 12.2. The van der Waals surface area contributed by atoms with Crippen LogP contribution in [0.5, 0.6) is 5.75 Å². The van der Waals surface area contributed by atoms with E-state index in [-0.39, 0.29) is 11.8 Å². The van der Waals surface area contributed by atoms with Crippen LogP contribution in [-0.2, 0) is 4.79 Å². The molecule has 1 saturated heterocycles. The molecule has 34 heavy (non-hydrogen) atoms. The van der Waals surface area contributed by atoms with E-state index in [9.17, 15) is 9.59 Å². The zero-order chi connectivity index (χ0) is 24.4. The lowest BCUT2D eigenvalue weighted by molar-refractivity contribution is -0.114. The Labute approximate surface area is 206 Å². The second-order valence-corrected chi connectivity index (χ2v) is 8.64. The van der Waals surface area contributed by atoms with Gasteiger partial charge in [-0.3, -0.25) is 9.59 Å². The maximum Gasteiger partial charge on any atom is 0.259 e. The van der Waals surface area contributed by atoms with Crippen LogP contribution in [0.4, 0.5) is 11.5 Å². The number of piperazine rings is 1. The van der Waals surface area contributed by atoms with Gasteiger partial charge in [-0.05, 0) is 31.2 Å². The predicted octanol–water partition coefficient (Wildman–Crippen LogP) is 4.28. The van der Waals surface area contributed by atoms with Crippen LogP contribution in [0.1, 0.15) is 23.0 Å². The van der Waals surface area contributed by atoms with Gasteiger partial charge < -0.3 is 24.4 Å². The van der Waals surface area contributed by atoms with Crippen LogP contribution in [-0.4, -0.2) is 60.1 Å². The van der Waals surface area contributed by atoms with Crippen molar-refractivity contribution in [2.75, 3.05) is 43.5 Å². The van der Waals surface area contributed by atoms with Gasteiger partial charge in [0.15, 0.2) is 0 Å². The van der Waals surface area contributed by atoms with Gasteiger partial charge in [0.25, 0.3) is 5.91 Å². The van der Waals surface area contributed by atoms with Gasteiger partial charge in [-0.2, -0.15) is 0 Å². The number of carbonyl (C=O) groups excluding carboxylic acids is 2. The zero-order valence-electron chi connectivity index (χ0n) is 18.9. The highest BCUT2D eigenvalue weighted by Gasteiger charge is 2.30. The van der Waals surface area contributed by atoms with E-state index in [0.29, 0.717) is 76.1 Å². The summed E-state index contributed by atoms with van der Waals surface area (Å²) in [5, 5.41) is 7.82. The smallest absolute Gasteiger partial charge is 0.259 e. The number of benzene rings is 1. The third-order valence-corrected chi connectivity index (χ3v) is 5.99. The summed E-state index contributed by atoms with van der Waals surface area (Å²) in [4.78, 5) is 33.1. The monoisotopic (exact) mass is 503 g/mol. The first-order chi connectivity index (χ1) is 16.3. The largest absolute Gasteiger partial charge is 0.496 e. The first kappa shape index (κ1) is 23.8. The maximum atomic E-state index is 13.5. The predicted molar refractivity (Wildman–Crippen MR) is 130 cm³/mol. The van der Waals surface area contributed by atoms with Crippen molar-refractivity contribution in [2.45, 2.75) is 13.8 Å². The SMILES string of the molecule is COc1ccc(NC(C)=O)cc1-c1noc(C)c1C(=O)N1CCN(c2ncc(Cl)cc2Cl)CC1. The Bertz CT molecular complexity index is 1240. The number of anilines is 2. The van der Waals surface area contributed by atoms with E-state index in [1.54, 1.807) is 42.3 Å². The molecule has 0 unspecified atom stereocenters. The van der Waals surface area contributed by atoms with Crippen molar-refractivity contribution >= 4 is 46.5 Å². The third kappa shape index (κ3) is 4.80. The van der Waals surface area contributed by atoms with Gasteiger partial charge in [-0.15, -0.1) is 0 Å². The van der Waals surface area contributed by atoms with Crippen LogP contribution in [0.3, 0.4) is 0 Å². The third-order valence-electron chi connectivity index (χ3n) is 5.51. The number of hydrogen-bond acceptors (Lipinski definition) is 7. The first-order valence-corrected chi connectivity index (χ1v) is 11.3. The molecular weight excluding hydrogens is 481 g/mol. The van der Waals surface area contributed by atoms with Gasteiger partial charge in [0.1, 0.15) is 28.6 Å². The molecule has 1 aliphatic rings. The number of hydrogen-bond donors (Lipinski definition) is 1. The van der Waals surface area contributed by atoms with E-state index in [0.717, 1.165) is 0 Å². The fourth-order valence-electron chi connectivity index (χ4n) is 3.90. The molecule has 11 heteroatoms. The molecule has 2 amide bonds. The Morgan fingerprint density at radius 3 is 2.53 bits per heavy atom. The molecule has 0 saturated carbocycles. The van der Waals surface area contributed by atoms with E-state index in [1.807, 2.05) is 4.90 Å². The number of methoxy groups -OCH3 is 1. The van der Waals surface area contributed by atoms with Crippen LogP contribution in [0.15, 0.2) is 35.0 Å². The summed E-state index contributed by atoms with van der Waals surface area (Å²) < 4.78 is 10.9. The number of pyridine rings is 1. The van der Waals surface area contributed by atoms with Crippen molar-refractivity contribution in [1.82, 2.24) is 15.0 Å². The van der Waals surface area contributed by atoms with E-state index >= 15 is 0 Å². The Hall–Kier alpha value is -3.30. The van der Waals surface area contributed by atoms with Crippen LogP contribution >= 0.6 is 23.2 Å². The molecule has 9 nitrogen and oxygen atoms in total. The van der Waals surface area contributed by atoms with E-state index in [2.05, 4.69) is 15.5 Å². The lowest BCUT2D eigenvalue weighted by Gasteiger charge is -2.35. The molecule has 3 aromatic rings. The maximum absolute atomic E-state index is 13.5. The molecule has 2 aromatic heterocycles. The summed E-state index contributed by atoms with van der Waals surface area (Å²) in [6, 6.07) is 6.78. The fraction of sp³-hybridized carbons (Fsp3) is 0.304. The van der Waals surface area contributed by atoms with Crippen LogP contribution in [0, 0.1) is 6.92 Å².